The van der Waals surface area contributed by atoms with Gasteiger partial charge in [0, 0.05) is 37.1 Å². The van der Waals surface area contributed by atoms with E-state index in [2.05, 4.69) is 59.2 Å². The summed E-state index contributed by atoms with van der Waals surface area (Å²) in [6.45, 7) is 5.61. The smallest absolute Gasteiger partial charge is 0.110 e. The first-order valence-corrected chi connectivity index (χ1v) is 7.62. The maximum Gasteiger partial charge on any atom is 0.110 e. The normalized spacial score (nSPS) is 21.3. The highest BCUT2D eigenvalue weighted by atomic mass is 15.1. The van der Waals surface area contributed by atoms with Gasteiger partial charge in [0.25, 0.3) is 0 Å². The summed E-state index contributed by atoms with van der Waals surface area (Å²) in [4.78, 5) is 4.54. The lowest BCUT2D eigenvalue weighted by molar-refractivity contribution is 0.447. The molecule has 1 aromatic carbocycles. The lowest BCUT2D eigenvalue weighted by Crippen LogP contribution is -2.36. The minimum absolute atomic E-state index is 0.475. The molecule has 0 aliphatic carbocycles. The number of fused-ring (bicyclic) bond motifs is 1. The van der Waals surface area contributed by atoms with Crippen LogP contribution in [0.15, 0.2) is 36.7 Å². The van der Waals surface area contributed by atoms with Crippen LogP contribution in [0.5, 0.6) is 0 Å². The van der Waals surface area contributed by atoms with Crippen LogP contribution >= 0.6 is 0 Å². The lowest BCUT2D eigenvalue weighted by Gasteiger charge is -2.32. The summed E-state index contributed by atoms with van der Waals surface area (Å²) in [6, 6.07) is 9.13. The van der Waals surface area contributed by atoms with E-state index in [1.54, 1.807) is 0 Å². The molecule has 3 nitrogen and oxygen atoms in total. The van der Waals surface area contributed by atoms with Gasteiger partial charge in [-0.1, -0.05) is 32.0 Å². The molecule has 0 saturated carbocycles. The molecule has 2 atom stereocenters. The molecule has 2 aromatic rings. The standard InChI is InChI=1S/C17H23N3/c1-3-9-20-10-8-18-17(20)12-16-13(2)11-14-6-4-5-7-15(14)19-16/h4-8,10,13,16,19H,3,9,11-12H2,1-2H3. The Bertz CT molecular complexity index is 573. The molecular weight excluding hydrogens is 246 g/mol. The van der Waals surface area contributed by atoms with Gasteiger partial charge in [-0.05, 0) is 30.4 Å². The highest BCUT2D eigenvalue weighted by molar-refractivity contribution is 5.54. The number of benzene rings is 1. The number of rotatable bonds is 4. The van der Waals surface area contributed by atoms with Crippen LogP contribution in [0.3, 0.4) is 0 Å². The summed E-state index contributed by atoms with van der Waals surface area (Å²) >= 11 is 0. The van der Waals surface area contributed by atoms with Crippen molar-refractivity contribution >= 4 is 5.69 Å². The number of imidazole rings is 1. The van der Waals surface area contributed by atoms with Gasteiger partial charge in [-0.25, -0.2) is 4.98 Å². The van der Waals surface area contributed by atoms with Gasteiger partial charge in [0.1, 0.15) is 5.82 Å². The number of anilines is 1. The van der Waals surface area contributed by atoms with E-state index in [9.17, 15) is 0 Å². The lowest BCUT2D eigenvalue weighted by atomic mass is 9.87. The van der Waals surface area contributed by atoms with Gasteiger partial charge < -0.3 is 9.88 Å². The molecule has 2 unspecified atom stereocenters. The van der Waals surface area contributed by atoms with Gasteiger partial charge in [0.05, 0.1) is 0 Å². The third-order valence-corrected chi connectivity index (χ3v) is 4.26. The molecule has 0 spiro atoms. The molecule has 3 rings (SSSR count). The molecule has 0 saturated heterocycles. The van der Waals surface area contributed by atoms with E-state index in [0.717, 1.165) is 25.8 Å². The molecule has 0 bridgehead atoms. The Morgan fingerprint density at radius 3 is 3.05 bits per heavy atom. The second kappa shape index (κ2) is 5.70. The van der Waals surface area contributed by atoms with Crippen molar-refractivity contribution in [2.75, 3.05) is 5.32 Å². The second-order valence-electron chi connectivity index (χ2n) is 5.83. The molecule has 0 radical (unpaired) electrons. The summed E-state index contributed by atoms with van der Waals surface area (Å²) in [5.74, 6) is 1.84. The molecule has 3 heteroatoms. The van der Waals surface area contributed by atoms with Crippen LogP contribution in [-0.4, -0.2) is 15.6 Å². The third-order valence-electron chi connectivity index (χ3n) is 4.26. The molecule has 1 N–H and O–H groups in total. The van der Waals surface area contributed by atoms with Crippen molar-refractivity contribution in [2.45, 2.75) is 45.7 Å². The molecular formula is C17H23N3. The number of nitrogens with zero attached hydrogens (tertiary/aromatic N) is 2. The van der Waals surface area contributed by atoms with Crippen LogP contribution < -0.4 is 5.32 Å². The Balaban J connectivity index is 1.76. The average Bonchev–Trinajstić information content (AvgIpc) is 2.87. The Morgan fingerprint density at radius 1 is 1.35 bits per heavy atom. The SMILES string of the molecule is CCCn1ccnc1CC1Nc2ccccc2CC1C. The zero-order chi connectivity index (χ0) is 13.9. The van der Waals surface area contributed by atoms with Gasteiger partial charge in [-0.15, -0.1) is 0 Å². The topological polar surface area (TPSA) is 29.9 Å². The minimum Gasteiger partial charge on any atom is -0.381 e. The Hall–Kier alpha value is -1.77. The first-order chi connectivity index (χ1) is 9.78. The largest absolute Gasteiger partial charge is 0.381 e. The molecule has 1 aromatic heterocycles. The molecule has 2 heterocycles. The van der Waals surface area contributed by atoms with E-state index in [1.165, 1.54) is 17.1 Å². The van der Waals surface area contributed by atoms with Crippen LogP contribution in [0.1, 0.15) is 31.7 Å². The number of hydrogen-bond donors (Lipinski definition) is 1. The first kappa shape index (κ1) is 13.2. The van der Waals surface area contributed by atoms with Crippen molar-refractivity contribution in [1.29, 1.82) is 0 Å². The molecule has 106 valence electrons. The van der Waals surface area contributed by atoms with Crippen molar-refractivity contribution < 1.29 is 0 Å². The molecule has 1 aliphatic heterocycles. The van der Waals surface area contributed by atoms with Crippen molar-refractivity contribution in [3.05, 3.63) is 48.0 Å². The van der Waals surface area contributed by atoms with Crippen molar-refractivity contribution in [3.63, 3.8) is 0 Å². The van der Waals surface area contributed by atoms with E-state index in [-0.39, 0.29) is 0 Å². The van der Waals surface area contributed by atoms with E-state index in [4.69, 9.17) is 0 Å². The quantitative estimate of drug-likeness (QED) is 0.920. The van der Waals surface area contributed by atoms with Gasteiger partial charge in [-0.2, -0.15) is 0 Å². The zero-order valence-corrected chi connectivity index (χ0v) is 12.3. The average molecular weight is 269 g/mol. The number of aryl methyl sites for hydroxylation is 1. The predicted molar refractivity (Wildman–Crippen MR) is 82.9 cm³/mol. The maximum atomic E-state index is 4.54. The van der Waals surface area contributed by atoms with Gasteiger partial charge >= 0.3 is 0 Å². The molecule has 1 aliphatic rings. The maximum absolute atomic E-state index is 4.54. The number of nitrogens with one attached hydrogen (secondary N) is 1. The second-order valence-corrected chi connectivity index (χ2v) is 5.83. The summed E-state index contributed by atoms with van der Waals surface area (Å²) in [6.07, 6.45) is 7.33. The molecule has 20 heavy (non-hydrogen) atoms. The third kappa shape index (κ3) is 2.58. The Labute approximate surface area is 121 Å². The summed E-state index contributed by atoms with van der Waals surface area (Å²) in [7, 11) is 0. The number of aromatic nitrogens is 2. The van der Waals surface area contributed by atoms with E-state index >= 15 is 0 Å². The minimum atomic E-state index is 0.475. The number of hydrogen-bond acceptors (Lipinski definition) is 2. The fourth-order valence-electron chi connectivity index (χ4n) is 3.09. The summed E-state index contributed by atoms with van der Waals surface area (Å²) < 4.78 is 2.29. The predicted octanol–water partition coefficient (Wildman–Crippen LogP) is 3.51. The van der Waals surface area contributed by atoms with E-state index in [0.29, 0.717) is 12.0 Å². The van der Waals surface area contributed by atoms with Crippen LogP contribution in [0.2, 0.25) is 0 Å². The van der Waals surface area contributed by atoms with Crippen molar-refractivity contribution in [2.24, 2.45) is 5.92 Å². The van der Waals surface area contributed by atoms with Crippen molar-refractivity contribution in [3.8, 4) is 0 Å². The summed E-state index contributed by atoms with van der Waals surface area (Å²) in [5.41, 5.74) is 2.73. The van der Waals surface area contributed by atoms with Gasteiger partial charge in [-0.3, -0.25) is 0 Å². The fourth-order valence-corrected chi connectivity index (χ4v) is 3.09. The first-order valence-electron chi connectivity index (χ1n) is 7.62. The van der Waals surface area contributed by atoms with Crippen LogP contribution in [-0.2, 0) is 19.4 Å². The van der Waals surface area contributed by atoms with Crippen LogP contribution in [0, 0.1) is 5.92 Å². The Morgan fingerprint density at radius 2 is 2.20 bits per heavy atom. The highest BCUT2D eigenvalue weighted by Crippen LogP contribution is 2.29. The van der Waals surface area contributed by atoms with Crippen molar-refractivity contribution in [1.82, 2.24) is 9.55 Å². The van der Waals surface area contributed by atoms with E-state index < -0.39 is 0 Å². The van der Waals surface area contributed by atoms with Crippen LogP contribution in [0.4, 0.5) is 5.69 Å². The van der Waals surface area contributed by atoms with Gasteiger partial charge in [0.2, 0.25) is 0 Å². The highest BCUT2D eigenvalue weighted by Gasteiger charge is 2.25. The zero-order valence-electron chi connectivity index (χ0n) is 12.3. The monoisotopic (exact) mass is 269 g/mol. The van der Waals surface area contributed by atoms with E-state index in [1.807, 2.05) is 6.20 Å². The van der Waals surface area contributed by atoms with Gasteiger partial charge in [0.15, 0.2) is 0 Å². The summed E-state index contributed by atoms with van der Waals surface area (Å²) in [5, 5.41) is 3.70. The molecule has 0 amide bonds. The number of para-hydroxylation sites is 1. The van der Waals surface area contributed by atoms with Crippen LogP contribution in [0.25, 0.3) is 0 Å². The Kier molecular flexibility index (Phi) is 3.77. The fraction of sp³-hybridized carbons (Fsp3) is 0.471. The molecule has 0 fully saturated rings.